The SMILES string of the molecule is O=C1C(=Cc2cc(Cl)ccc2Cl)SC(=S)N1c1ccc(S(=O)(=O)Nc2nccs2)cc1. The Hall–Kier alpha value is -1.95. The van der Waals surface area contributed by atoms with E-state index in [2.05, 4.69) is 9.71 Å². The van der Waals surface area contributed by atoms with Crippen molar-refractivity contribution in [2.45, 2.75) is 4.90 Å². The van der Waals surface area contributed by atoms with Crippen molar-refractivity contribution in [2.75, 3.05) is 9.62 Å². The zero-order valence-electron chi connectivity index (χ0n) is 15.3. The lowest BCUT2D eigenvalue weighted by Gasteiger charge is -2.15. The van der Waals surface area contributed by atoms with Gasteiger partial charge in [-0.15, -0.1) is 11.3 Å². The normalized spacial score (nSPS) is 15.7. The molecule has 2 aromatic carbocycles. The highest BCUT2D eigenvalue weighted by molar-refractivity contribution is 8.27. The number of carbonyl (C=O) groups excluding carboxylic acids is 1. The number of anilines is 2. The van der Waals surface area contributed by atoms with Gasteiger partial charge in [-0.3, -0.25) is 14.4 Å². The van der Waals surface area contributed by atoms with E-state index >= 15 is 0 Å². The average molecular weight is 528 g/mol. The third-order valence-corrected chi connectivity index (χ3v) is 8.15. The Morgan fingerprint density at radius 3 is 2.55 bits per heavy atom. The monoisotopic (exact) mass is 527 g/mol. The lowest BCUT2D eigenvalue weighted by atomic mass is 10.2. The molecule has 12 heteroatoms. The summed E-state index contributed by atoms with van der Waals surface area (Å²) in [7, 11) is -3.79. The van der Waals surface area contributed by atoms with E-state index in [1.807, 2.05) is 0 Å². The predicted molar refractivity (Wildman–Crippen MR) is 131 cm³/mol. The molecule has 1 N–H and O–H groups in total. The molecule has 6 nitrogen and oxygen atoms in total. The fourth-order valence-corrected chi connectivity index (χ4v) is 6.11. The number of halogens is 2. The van der Waals surface area contributed by atoms with Crippen LogP contribution >= 0.6 is 58.5 Å². The summed E-state index contributed by atoms with van der Waals surface area (Å²) in [6.45, 7) is 0. The minimum atomic E-state index is -3.79. The third-order valence-electron chi connectivity index (χ3n) is 4.10. The number of nitrogens with zero attached hydrogens (tertiary/aromatic N) is 2. The van der Waals surface area contributed by atoms with Crippen molar-refractivity contribution < 1.29 is 13.2 Å². The topological polar surface area (TPSA) is 79.4 Å². The summed E-state index contributed by atoms with van der Waals surface area (Å²) < 4.78 is 27.7. The smallest absolute Gasteiger partial charge is 0.268 e. The van der Waals surface area contributed by atoms with Crippen LogP contribution in [0.5, 0.6) is 0 Å². The van der Waals surface area contributed by atoms with Crippen molar-refractivity contribution in [1.82, 2.24) is 4.98 Å². The van der Waals surface area contributed by atoms with E-state index in [-0.39, 0.29) is 15.9 Å². The van der Waals surface area contributed by atoms with E-state index in [0.29, 0.717) is 30.5 Å². The molecular formula is C19H11Cl2N3O3S4. The summed E-state index contributed by atoms with van der Waals surface area (Å²) >= 11 is 19.9. The number of hydrogen-bond donors (Lipinski definition) is 1. The second kappa shape index (κ2) is 8.89. The fraction of sp³-hybridized carbons (Fsp3) is 0. The van der Waals surface area contributed by atoms with Gasteiger partial charge in [-0.05, 0) is 54.1 Å². The van der Waals surface area contributed by atoms with E-state index < -0.39 is 10.0 Å². The van der Waals surface area contributed by atoms with Gasteiger partial charge in [-0.25, -0.2) is 13.4 Å². The van der Waals surface area contributed by atoms with Crippen LogP contribution in [0.2, 0.25) is 10.0 Å². The second-order valence-electron chi connectivity index (χ2n) is 6.12. The van der Waals surface area contributed by atoms with E-state index in [1.165, 1.54) is 46.7 Å². The molecule has 0 unspecified atom stereocenters. The molecule has 0 radical (unpaired) electrons. The van der Waals surface area contributed by atoms with Gasteiger partial charge in [-0.1, -0.05) is 47.2 Å². The number of benzene rings is 2. The summed E-state index contributed by atoms with van der Waals surface area (Å²) in [4.78, 5) is 18.6. The maximum Gasteiger partial charge on any atom is 0.270 e. The number of thiocarbonyl (C=S) groups is 1. The molecule has 0 bridgehead atoms. The van der Waals surface area contributed by atoms with Gasteiger partial charge >= 0.3 is 0 Å². The maximum absolute atomic E-state index is 12.9. The van der Waals surface area contributed by atoms with E-state index in [1.54, 1.807) is 29.7 Å². The van der Waals surface area contributed by atoms with Crippen LogP contribution < -0.4 is 9.62 Å². The van der Waals surface area contributed by atoms with Crippen LogP contribution in [0.3, 0.4) is 0 Å². The lowest BCUT2D eigenvalue weighted by Crippen LogP contribution is -2.27. The van der Waals surface area contributed by atoms with Gasteiger partial charge in [0.2, 0.25) is 0 Å². The number of rotatable bonds is 5. The number of thioether (sulfide) groups is 1. The van der Waals surface area contributed by atoms with E-state index in [9.17, 15) is 13.2 Å². The van der Waals surface area contributed by atoms with Crippen molar-refractivity contribution >= 4 is 95.7 Å². The Labute approximate surface area is 201 Å². The van der Waals surface area contributed by atoms with Crippen LogP contribution in [0, 0.1) is 0 Å². The number of nitrogens with one attached hydrogen (secondary N) is 1. The molecule has 0 saturated carbocycles. The first kappa shape index (κ1) is 22.3. The summed E-state index contributed by atoms with van der Waals surface area (Å²) in [5.74, 6) is -0.331. The molecule has 158 valence electrons. The number of carbonyl (C=O) groups is 1. The number of amides is 1. The predicted octanol–water partition coefficient (Wildman–Crippen LogP) is 5.66. The highest BCUT2D eigenvalue weighted by atomic mass is 35.5. The van der Waals surface area contributed by atoms with Gasteiger partial charge in [0.25, 0.3) is 15.9 Å². The summed E-state index contributed by atoms with van der Waals surface area (Å²) in [5, 5.41) is 2.89. The van der Waals surface area contributed by atoms with Crippen LogP contribution in [-0.2, 0) is 14.8 Å². The molecule has 1 amide bonds. The Morgan fingerprint density at radius 2 is 1.87 bits per heavy atom. The molecule has 1 saturated heterocycles. The van der Waals surface area contributed by atoms with Gasteiger partial charge in [0, 0.05) is 21.6 Å². The second-order valence-corrected chi connectivity index (χ2v) is 11.2. The molecule has 0 aliphatic carbocycles. The molecule has 0 spiro atoms. The fourth-order valence-electron chi connectivity index (χ4n) is 2.68. The molecule has 1 fully saturated rings. The molecule has 4 rings (SSSR count). The minimum Gasteiger partial charge on any atom is -0.268 e. The van der Waals surface area contributed by atoms with Crippen molar-refractivity contribution in [3.8, 4) is 0 Å². The van der Waals surface area contributed by atoms with Gasteiger partial charge in [-0.2, -0.15) is 0 Å². The number of sulfonamides is 1. The van der Waals surface area contributed by atoms with Crippen molar-refractivity contribution in [3.63, 3.8) is 0 Å². The third kappa shape index (κ3) is 4.79. The quantitative estimate of drug-likeness (QED) is 0.340. The molecule has 1 aliphatic rings. The van der Waals surface area contributed by atoms with Crippen molar-refractivity contribution in [2.24, 2.45) is 0 Å². The molecule has 3 aromatic rings. The Bertz CT molecular complexity index is 1310. The first-order valence-electron chi connectivity index (χ1n) is 8.50. The molecular weight excluding hydrogens is 517 g/mol. The van der Waals surface area contributed by atoms with E-state index in [4.69, 9.17) is 35.4 Å². The summed E-state index contributed by atoms with van der Waals surface area (Å²) in [6, 6.07) is 10.8. The van der Waals surface area contributed by atoms with Gasteiger partial charge < -0.3 is 0 Å². The maximum atomic E-state index is 12.9. The number of thiazole rings is 1. The standard InChI is InChI=1S/C19H11Cl2N3O3S4/c20-12-1-6-15(21)11(9-12)10-16-17(25)24(19(28)30-16)13-2-4-14(5-3-13)31(26,27)23-18-22-7-8-29-18/h1-10H,(H,22,23). The van der Waals surface area contributed by atoms with Crippen molar-refractivity contribution in [1.29, 1.82) is 0 Å². The highest BCUT2D eigenvalue weighted by Gasteiger charge is 2.33. The minimum absolute atomic E-state index is 0.0399. The number of hydrogen-bond acceptors (Lipinski definition) is 7. The first-order chi connectivity index (χ1) is 14.7. The van der Waals surface area contributed by atoms with Gasteiger partial charge in [0.1, 0.15) is 0 Å². The molecule has 2 heterocycles. The van der Waals surface area contributed by atoms with Crippen LogP contribution in [0.25, 0.3) is 6.08 Å². The van der Waals surface area contributed by atoms with Crippen LogP contribution in [0.4, 0.5) is 10.8 Å². The summed E-state index contributed by atoms with van der Waals surface area (Å²) in [6.07, 6.45) is 3.13. The van der Waals surface area contributed by atoms with Gasteiger partial charge in [0.15, 0.2) is 9.45 Å². The van der Waals surface area contributed by atoms with E-state index in [0.717, 1.165) is 11.8 Å². The Balaban J connectivity index is 1.58. The van der Waals surface area contributed by atoms with Crippen LogP contribution in [-0.4, -0.2) is 23.6 Å². The molecule has 1 aliphatic heterocycles. The van der Waals surface area contributed by atoms with Crippen molar-refractivity contribution in [3.05, 3.63) is 74.6 Å². The number of aromatic nitrogens is 1. The van der Waals surface area contributed by atoms with Crippen LogP contribution in [0.15, 0.2) is 63.8 Å². The largest absolute Gasteiger partial charge is 0.270 e. The van der Waals surface area contributed by atoms with Crippen LogP contribution in [0.1, 0.15) is 5.56 Å². The molecule has 0 atom stereocenters. The zero-order chi connectivity index (χ0) is 22.2. The average Bonchev–Trinajstić information content (AvgIpc) is 3.32. The molecule has 1 aromatic heterocycles. The Morgan fingerprint density at radius 1 is 1.13 bits per heavy atom. The Kier molecular flexibility index (Phi) is 6.38. The lowest BCUT2D eigenvalue weighted by molar-refractivity contribution is -0.113. The summed E-state index contributed by atoms with van der Waals surface area (Å²) in [5.41, 5.74) is 1.06. The zero-order valence-corrected chi connectivity index (χ0v) is 20.1. The first-order valence-corrected chi connectivity index (χ1v) is 12.8. The van der Waals surface area contributed by atoms with Gasteiger partial charge in [0.05, 0.1) is 15.5 Å². The molecule has 31 heavy (non-hydrogen) atoms. The highest BCUT2D eigenvalue weighted by Crippen LogP contribution is 2.37.